The van der Waals surface area contributed by atoms with Crippen LogP contribution in [-0.2, 0) is 13.0 Å². The smallest absolute Gasteiger partial charge is 0.311 e. The van der Waals surface area contributed by atoms with Crippen molar-refractivity contribution in [3.8, 4) is 5.75 Å². The lowest BCUT2D eigenvalue weighted by molar-refractivity contribution is -0.385. The molecule has 112 valence electrons. The van der Waals surface area contributed by atoms with E-state index in [9.17, 15) is 10.1 Å². The van der Waals surface area contributed by atoms with Crippen molar-refractivity contribution in [1.82, 2.24) is 4.57 Å². The number of rotatable bonds is 6. The lowest BCUT2D eigenvalue weighted by Crippen LogP contribution is -2.17. The van der Waals surface area contributed by atoms with Crippen LogP contribution in [0, 0.1) is 10.1 Å². The van der Waals surface area contributed by atoms with E-state index in [4.69, 9.17) is 10.5 Å². The molecule has 21 heavy (non-hydrogen) atoms. The molecule has 0 spiro atoms. The second-order valence-corrected chi connectivity index (χ2v) is 5.14. The third kappa shape index (κ3) is 3.82. The minimum atomic E-state index is -0.431. The van der Waals surface area contributed by atoms with Gasteiger partial charge in [0.15, 0.2) is 5.75 Å². The third-order valence-electron chi connectivity index (χ3n) is 3.17. The highest BCUT2D eigenvalue weighted by Gasteiger charge is 2.15. The number of benzene rings is 1. The molecular weight excluding hydrogens is 270 g/mol. The summed E-state index contributed by atoms with van der Waals surface area (Å²) < 4.78 is 6.99. The number of methoxy groups -OCH3 is 1. The van der Waals surface area contributed by atoms with E-state index in [1.165, 1.54) is 7.11 Å². The Labute approximate surface area is 123 Å². The fourth-order valence-electron chi connectivity index (χ4n) is 2.27. The van der Waals surface area contributed by atoms with Gasteiger partial charge >= 0.3 is 5.69 Å². The summed E-state index contributed by atoms with van der Waals surface area (Å²) in [6.45, 7) is 2.54. The normalized spacial score (nSPS) is 12.1. The lowest BCUT2D eigenvalue weighted by atomic mass is 10.1. The van der Waals surface area contributed by atoms with Gasteiger partial charge < -0.3 is 15.0 Å². The molecule has 0 aliphatic carbocycles. The predicted octanol–water partition coefficient (Wildman–Crippen LogP) is 2.34. The maximum atomic E-state index is 11.0. The first-order valence-corrected chi connectivity index (χ1v) is 6.71. The van der Waals surface area contributed by atoms with E-state index >= 15 is 0 Å². The average molecular weight is 289 g/mol. The van der Waals surface area contributed by atoms with E-state index in [1.807, 2.05) is 36.0 Å². The second kappa shape index (κ2) is 6.41. The largest absolute Gasteiger partial charge is 0.490 e. The first-order valence-electron chi connectivity index (χ1n) is 6.71. The SMILES string of the molecule is COc1ccc(Cn2ccc(CC(C)N)c2)cc1[N+](=O)[O-]. The first-order chi connectivity index (χ1) is 9.99. The number of ether oxygens (including phenoxy) is 1. The summed E-state index contributed by atoms with van der Waals surface area (Å²) in [5.74, 6) is 0.272. The van der Waals surface area contributed by atoms with Crippen molar-refractivity contribution in [1.29, 1.82) is 0 Å². The fourth-order valence-corrected chi connectivity index (χ4v) is 2.27. The van der Waals surface area contributed by atoms with Gasteiger partial charge in [-0.3, -0.25) is 10.1 Å². The highest BCUT2D eigenvalue weighted by molar-refractivity contribution is 5.48. The van der Waals surface area contributed by atoms with Gasteiger partial charge in [-0.25, -0.2) is 0 Å². The quantitative estimate of drug-likeness (QED) is 0.653. The maximum Gasteiger partial charge on any atom is 0.311 e. The molecule has 0 saturated heterocycles. The minimum Gasteiger partial charge on any atom is -0.490 e. The Morgan fingerprint density at radius 1 is 1.38 bits per heavy atom. The molecule has 6 heteroatoms. The Balaban J connectivity index is 2.17. The van der Waals surface area contributed by atoms with Crippen molar-refractivity contribution in [3.63, 3.8) is 0 Å². The van der Waals surface area contributed by atoms with Gasteiger partial charge in [-0.15, -0.1) is 0 Å². The lowest BCUT2D eigenvalue weighted by Gasteiger charge is -2.06. The van der Waals surface area contributed by atoms with E-state index in [0.717, 1.165) is 17.5 Å². The molecule has 1 unspecified atom stereocenters. The molecule has 0 aliphatic heterocycles. The van der Waals surface area contributed by atoms with Crippen LogP contribution < -0.4 is 10.5 Å². The van der Waals surface area contributed by atoms with Crippen LogP contribution >= 0.6 is 0 Å². The van der Waals surface area contributed by atoms with Gasteiger partial charge in [0.2, 0.25) is 0 Å². The summed E-state index contributed by atoms with van der Waals surface area (Å²) in [7, 11) is 1.42. The maximum absolute atomic E-state index is 11.0. The Kier molecular flexibility index (Phi) is 4.59. The van der Waals surface area contributed by atoms with Gasteiger partial charge in [0.25, 0.3) is 0 Å². The van der Waals surface area contributed by atoms with E-state index < -0.39 is 4.92 Å². The van der Waals surface area contributed by atoms with Crippen molar-refractivity contribution >= 4 is 5.69 Å². The zero-order chi connectivity index (χ0) is 15.4. The Morgan fingerprint density at radius 3 is 2.76 bits per heavy atom. The van der Waals surface area contributed by atoms with E-state index in [2.05, 4.69) is 0 Å². The molecule has 2 aromatic rings. The van der Waals surface area contributed by atoms with Crippen LogP contribution in [0.5, 0.6) is 5.75 Å². The summed E-state index contributed by atoms with van der Waals surface area (Å²) >= 11 is 0. The summed E-state index contributed by atoms with van der Waals surface area (Å²) in [4.78, 5) is 10.6. The van der Waals surface area contributed by atoms with Crippen LogP contribution in [0.15, 0.2) is 36.7 Å². The van der Waals surface area contributed by atoms with Crippen LogP contribution in [0.3, 0.4) is 0 Å². The van der Waals surface area contributed by atoms with E-state index in [-0.39, 0.29) is 17.5 Å². The highest BCUT2D eigenvalue weighted by atomic mass is 16.6. The van der Waals surface area contributed by atoms with Gasteiger partial charge in [0.1, 0.15) is 0 Å². The standard InChI is InChI=1S/C15H19N3O3/c1-11(16)7-13-5-6-17(10-13)9-12-3-4-15(21-2)14(8-12)18(19)20/h3-6,8,10-11H,7,9,16H2,1-2H3. The van der Waals surface area contributed by atoms with Crippen molar-refractivity contribution in [2.75, 3.05) is 7.11 Å². The van der Waals surface area contributed by atoms with Crippen molar-refractivity contribution in [3.05, 3.63) is 57.9 Å². The Bertz CT molecular complexity index is 635. The molecule has 1 aromatic heterocycles. The van der Waals surface area contributed by atoms with E-state index in [1.54, 1.807) is 12.1 Å². The number of nitro groups is 1. The average Bonchev–Trinajstić information content (AvgIpc) is 2.85. The molecule has 6 nitrogen and oxygen atoms in total. The zero-order valence-electron chi connectivity index (χ0n) is 12.2. The molecule has 2 N–H and O–H groups in total. The van der Waals surface area contributed by atoms with Crippen molar-refractivity contribution in [2.45, 2.75) is 25.9 Å². The number of hydrogen-bond donors (Lipinski definition) is 1. The third-order valence-corrected chi connectivity index (χ3v) is 3.17. The van der Waals surface area contributed by atoms with Gasteiger partial charge in [-0.1, -0.05) is 6.07 Å². The second-order valence-electron chi connectivity index (χ2n) is 5.14. The van der Waals surface area contributed by atoms with Crippen LogP contribution in [0.4, 0.5) is 5.69 Å². The summed E-state index contributed by atoms with van der Waals surface area (Å²) in [5.41, 5.74) is 7.77. The molecule has 0 bridgehead atoms. The van der Waals surface area contributed by atoms with E-state index in [0.29, 0.717) is 6.54 Å². The Morgan fingerprint density at radius 2 is 2.14 bits per heavy atom. The van der Waals surface area contributed by atoms with Crippen molar-refractivity contribution in [2.24, 2.45) is 5.73 Å². The molecule has 0 fully saturated rings. The van der Waals surface area contributed by atoms with Crippen LogP contribution in [0.2, 0.25) is 0 Å². The molecule has 1 aromatic carbocycles. The molecule has 0 aliphatic rings. The molecule has 1 heterocycles. The molecule has 0 amide bonds. The molecule has 0 radical (unpaired) electrons. The first kappa shape index (κ1) is 15.1. The number of nitro benzene ring substituents is 1. The predicted molar refractivity (Wildman–Crippen MR) is 80.5 cm³/mol. The van der Waals surface area contributed by atoms with Gasteiger partial charge in [-0.05, 0) is 36.6 Å². The molecule has 2 rings (SSSR count). The van der Waals surface area contributed by atoms with Crippen LogP contribution in [-0.4, -0.2) is 22.6 Å². The van der Waals surface area contributed by atoms with Gasteiger partial charge in [0, 0.05) is 31.0 Å². The zero-order valence-corrected chi connectivity index (χ0v) is 12.2. The van der Waals surface area contributed by atoms with Gasteiger partial charge in [-0.2, -0.15) is 0 Å². The number of nitrogens with zero attached hydrogens (tertiary/aromatic N) is 2. The highest BCUT2D eigenvalue weighted by Crippen LogP contribution is 2.27. The summed E-state index contributed by atoms with van der Waals surface area (Å²) in [6.07, 6.45) is 4.78. The molecule has 1 atom stereocenters. The molecular formula is C15H19N3O3. The minimum absolute atomic E-state index is 0.0158. The van der Waals surface area contributed by atoms with Crippen molar-refractivity contribution < 1.29 is 9.66 Å². The van der Waals surface area contributed by atoms with Gasteiger partial charge in [0.05, 0.1) is 12.0 Å². The fraction of sp³-hybridized carbons (Fsp3) is 0.333. The summed E-state index contributed by atoms with van der Waals surface area (Å²) in [6, 6.07) is 7.13. The topological polar surface area (TPSA) is 83.3 Å². The monoisotopic (exact) mass is 289 g/mol. The Hall–Kier alpha value is -2.34. The molecule has 0 saturated carbocycles. The number of aromatic nitrogens is 1. The van der Waals surface area contributed by atoms with Crippen LogP contribution in [0.25, 0.3) is 0 Å². The number of nitrogens with two attached hydrogens (primary N) is 1. The number of hydrogen-bond acceptors (Lipinski definition) is 4. The van der Waals surface area contributed by atoms with Crippen LogP contribution in [0.1, 0.15) is 18.1 Å². The summed E-state index contributed by atoms with van der Waals surface area (Å²) in [5, 5.41) is 11.0.